The van der Waals surface area contributed by atoms with Crippen LogP contribution in [0.15, 0.2) is 53.0 Å². The zero-order valence-electron chi connectivity index (χ0n) is 8.48. The third-order valence-electron chi connectivity index (χ3n) is 2.18. The maximum atomic E-state index is 10.5. The predicted molar refractivity (Wildman–Crippen MR) is 69.3 cm³/mol. The van der Waals surface area contributed by atoms with Crippen LogP contribution in [0.2, 0.25) is 0 Å². The third kappa shape index (κ3) is 2.70. The van der Waals surface area contributed by atoms with E-state index in [1.165, 1.54) is 0 Å². The van der Waals surface area contributed by atoms with Crippen molar-refractivity contribution in [2.75, 3.05) is 5.32 Å². The summed E-state index contributed by atoms with van der Waals surface area (Å²) in [5.74, 6) is 0. The van der Waals surface area contributed by atoms with Gasteiger partial charge in [0.15, 0.2) is 0 Å². The van der Waals surface area contributed by atoms with Gasteiger partial charge in [0.05, 0.1) is 0 Å². The van der Waals surface area contributed by atoms with Gasteiger partial charge in [-0.2, -0.15) is 0 Å². The van der Waals surface area contributed by atoms with E-state index in [1.54, 1.807) is 12.1 Å². The fraction of sp³-hybridized carbons (Fsp3) is 0. The zero-order valence-corrected chi connectivity index (χ0v) is 10.1. The number of hydrogen-bond acceptors (Lipinski definition) is 2. The standard InChI is InChI=1S/C13H10BrNO/c14-11-3-7-13(8-4-11)15-12-5-1-10(9-16)2-6-12/h1-9,15H. The number of carbonyl (C=O) groups excluding carboxylic acids is 1. The number of halogens is 1. The van der Waals surface area contributed by atoms with Crippen LogP contribution in [0.4, 0.5) is 11.4 Å². The summed E-state index contributed by atoms with van der Waals surface area (Å²) < 4.78 is 1.05. The quantitative estimate of drug-likeness (QED) is 0.858. The summed E-state index contributed by atoms with van der Waals surface area (Å²) in [7, 11) is 0. The van der Waals surface area contributed by atoms with Crippen molar-refractivity contribution in [1.29, 1.82) is 0 Å². The van der Waals surface area contributed by atoms with Crippen molar-refractivity contribution in [2.45, 2.75) is 0 Å². The molecule has 0 aromatic heterocycles. The molecule has 0 bridgehead atoms. The Bertz CT molecular complexity index is 476. The highest BCUT2D eigenvalue weighted by Gasteiger charge is 1.95. The van der Waals surface area contributed by atoms with Crippen molar-refractivity contribution in [3.63, 3.8) is 0 Å². The maximum absolute atomic E-state index is 10.5. The molecule has 0 radical (unpaired) electrons. The zero-order chi connectivity index (χ0) is 11.4. The second kappa shape index (κ2) is 4.94. The molecule has 0 aliphatic carbocycles. The Hall–Kier alpha value is -1.61. The van der Waals surface area contributed by atoms with E-state index < -0.39 is 0 Å². The molecule has 0 saturated carbocycles. The second-order valence-corrected chi connectivity index (χ2v) is 4.29. The van der Waals surface area contributed by atoms with Crippen LogP contribution in [0, 0.1) is 0 Å². The molecule has 0 saturated heterocycles. The number of aldehydes is 1. The predicted octanol–water partition coefficient (Wildman–Crippen LogP) is 4.01. The first-order valence-electron chi connectivity index (χ1n) is 4.86. The lowest BCUT2D eigenvalue weighted by Crippen LogP contribution is -1.90. The smallest absolute Gasteiger partial charge is 0.150 e. The molecular weight excluding hydrogens is 266 g/mol. The lowest BCUT2D eigenvalue weighted by molar-refractivity contribution is 0.112. The molecule has 0 aliphatic heterocycles. The maximum Gasteiger partial charge on any atom is 0.150 e. The molecule has 2 rings (SSSR count). The Morgan fingerprint density at radius 3 is 1.88 bits per heavy atom. The van der Waals surface area contributed by atoms with Crippen molar-refractivity contribution >= 4 is 33.6 Å². The van der Waals surface area contributed by atoms with E-state index in [1.807, 2.05) is 36.4 Å². The molecule has 2 aromatic rings. The van der Waals surface area contributed by atoms with Gasteiger partial charge in [-0.25, -0.2) is 0 Å². The van der Waals surface area contributed by atoms with Crippen molar-refractivity contribution in [3.05, 3.63) is 58.6 Å². The van der Waals surface area contributed by atoms with Crippen molar-refractivity contribution in [2.24, 2.45) is 0 Å². The molecule has 2 nitrogen and oxygen atoms in total. The highest BCUT2D eigenvalue weighted by atomic mass is 79.9. The van der Waals surface area contributed by atoms with E-state index in [0.717, 1.165) is 22.1 Å². The van der Waals surface area contributed by atoms with Crippen LogP contribution in [0.3, 0.4) is 0 Å². The van der Waals surface area contributed by atoms with E-state index in [2.05, 4.69) is 21.2 Å². The molecule has 3 heteroatoms. The number of anilines is 2. The first-order chi connectivity index (χ1) is 7.78. The molecule has 80 valence electrons. The normalized spacial score (nSPS) is 9.81. The van der Waals surface area contributed by atoms with E-state index in [9.17, 15) is 4.79 Å². The van der Waals surface area contributed by atoms with Crippen LogP contribution in [-0.4, -0.2) is 6.29 Å². The molecule has 0 spiro atoms. The fourth-order valence-corrected chi connectivity index (χ4v) is 1.61. The summed E-state index contributed by atoms with van der Waals surface area (Å²) in [5, 5.41) is 3.25. The molecule has 0 unspecified atom stereocenters. The van der Waals surface area contributed by atoms with E-state index in [0.29, 0.717) is 5.56 Å². The van der Waals surface area contributed by atoms with Gasteiger partial charge in [0.25, 0.3) is 0 Å². The van der Waals surface area contributed by atoms with Gasteiger partial charge in [-0.15, -0.1) is 0 Å². The molecule has 0 amide bonds. The Labute approximate surface area is 102 Å². The summed E-state index contributed by atoms with van der Waals surface area (Å²) in [4.78, 5) is 10.5. The molecule has 0 heterocycles. The fourth-order valence-electron chi connectivity index (χ4n) is 1.34. The first-order valence-corrected chi connectivity index (χ1v) is 5.65. The number of benzene rings is 2. The topological polar surface area (TPSA) is 29.1 Å². The van der Waals surface area contributed by atoms with E-state index >= 15 is 0 Å². The Kier molecular flexibility index (Phi) is 3.37. The Morgan fingerprint density at radius 1 is 0.875 bits per heavy atom. The van der Waals surface area contributed by atoms with Gasteiger partial charge in [-0.1, -0.05) is 15.9 Å². The SMILES string of the molecule is O=Cc1ccc(Nc2ccc(Br)cc2)cc1. The van der Waals surface area contributed by atoms with Gasteiger partial charge in [0.2, 0.25) is 0 Å². The number of hydrogen-bond donors (Lipinski definition) is 1. The first kappa shape index (κ1) is 10.9. The summed E-state index contributed by atoms with van der Waals surface area (Å²) in [6.07, 6.45) is 0.837. The van der Waals surface area contributed by atoms with Crippen LogP contribution >= 0.6 is 15.9 Å². The highest BCUT2D eigenvalue weighted by molar-refractivity contribution is 9.10. The van der Waals surface area contributed by atoms with Crippen LogP contribution in [0.5, 0.6) is 0 Å². The van der Waals surface area contributed by atoms with E-state index in [4.69, 9.17) is 0 Å². The lowest BCUT2D eigenvalue weighted by Gasteiger charge is -2.06. The summed E-state index contributed by atoms with van der Waals surface area (Å²) in [6.45, 7) is 0. The van der Waals surface area contributed by atoms with Crippen molar-refractivity contribution in [3.8, 4) is 0 Å². The van der Waals surface area contributed by atoms with Crippen LogP contribution in [-0.2, 0) is 0 Å². The molecule has 1 N–H and O–H groups in total. The molecule has 16 heavy (non-hydrogen) atoms. The van der Waals surface area contributed by atoms with E-state index in [-0.39, 0.29) is 0 Å². The number of nitrogens with one attached hydrogen (secondary N) is 1. The minimum absolute atomic E-state index is 0.682. The minimum Gasteiger partial charge on any atom is -0.356 e. The lowest BCUT2D eigenvalue weighted by atomic mass is 10.2. The van der Waals surface area contributed by atoms with Gasteiger partial charge in [0.1, 0.15) is 6.29 Å². The Balaban J connectivity index is 2.14. The Morgan fingerprint density at radius 2 is 1.38 bits per heavy atom. The monoisotopic (exact) mass is 275 g/mol. The highest BCUT2D eigenvalue weighted by Crippen LogP contribution is 2.19. The average molecular weight is 276 g/mol. The van der Waals surface area contributed by atoms with Crippen molar-refractivity contribution < 1.29 is 4.79 Å². The van der Waals surface area contributed by atoms with Crippen molar-refractivity contribution in [1.82, 2.24) is 0 Å². The largest absolute Gasteiger partial charge is 0.356 e. The number of rotatable bonds is 3. The summed E-state index contributed by atoms with van der Waals surface area (Å²) in [5.41, 5.74) is 2.66. The molecular formula is C13H10BrNO. The van der Waals surface area contributed by atoms with Crippen LogP contribution in [0.25, 0.3) is 0 Å². The van der Waals surface area contributed by atoms with Gasteiger partial charge in [-0.3, -0.25) is 4.79 Å². The molecule has 0 atom stereocenters. The van der Waals surface area contributed by atoms with Gasteiger partial charge >= 0.3 is 0 Å². The number of carbonyl (C=O) groups is 1. The van der Waals surface area contributed by atoms with Gasteiger partial charge in [-0.05, 0) is 48.5 Å². The van der Waals surface area contributed by atoms with Gasteiger partial charge in [0, 0.05) is 21.4 Å². The summed E-state index contributed by atoms with van der Waals surface area (Å²) in [6, 6.07) is 15.2. The van der Waals surface area contributed by atoms with Crippen LogP contribution in [0.1, 0.15) is 10.4 Å². The van der Waals surface area contributed by atoms with Gasteiger partial charge < -0.3 is 5.32 Å². The second-order valence-electron chi connectivity index (χ2n) is 3.37. The third-order valence-corrected chi connectivity index (χ3v) is 2.71. The van der Waals surface area contributed by atoms with Crippen LogP contribution < -0.4 is 5.32 Å². The minimum atomic E-state index is 0.682. The average Bonchev–Trinajstić information content (AvgIpc) is 2.33. The molecule has 2 aromatic carbocycles. The molecule has 0 fully saturated rings. The molecule has 0 aliphatic rings. The summed E-state index contributed by atoms with van der Waals surface area (Å²) >= 11 is 3.38.